The topological polar surface area (TPSA) is 37.4 Å². The van der Waals surface area contributed by atoms with Gasteiger partial charge in [0.15, 0.2) is 0 Å². The second-order valence-corrected chi connectivity index (χ2v) is 5.69. The summed E-state index contributed by atoms with van der Waals surface area (Å²) in [4.78, 5) is 25.9. The fourth-order valence-corrected chi connectivity index (χ4v) is 2.72. The number of nitrogens with zero attached hydrogens (tertiary/aromatic N) is 1. The van der Waals surface area contributed by atoms with Gasteiger partial charge < -0.3 is 4.90 Å². The third-order valence-electron chi connectivity index (χ3n) is 3.91. The van der Waals surface area contributed by atoms with E-state index in [2.05, 4.69) is 0 Å². The molecule has 0 unspecified atom stereocenters. The summed E-state index contributed by atoms with van der Waals surface area (Å²) < 4.78 is 0. The summed E-state index contributed by atoms with van der Waals surface area (Å²) in [5.41, 5.74) is 4.21. The van der Waals surface area contributed by atoms with Gasteiger partial charge in [0, 0.05) is 5.02 Å². The fourth-order valence-electron chi connectivity index (χ4n) is 2.59. The number of ketones is 1. The van der Waals surface area contributed by atoms with Crippen LogP contribution in [0.15, 0.2) is 36.4 Å². The van der Waals surface area contributed by atoms with Crippen molar-refractivity contribution in [2.75, 3.05) is 4.90 Å². The Morgan fingerprint density at radius 3 is 2.33 bits per heavy atom. The minimum absolute atomic E-state index is 0.374. The molecule has 0 N–H and O–H groups in total. The monoisotopic (exact) mass is 299 g/mol. The summed E-state index contributed by atoms with van der Waals surface area (Å²) in [5.74, 6) is -0.893. The zero-order valence-corrected chi connectivity index (χ0v) is 12.6. The lowest BCUT2D eigenvalue weighted by Crippen LogP contribution is -2.29. The van der Waals surface area contributed by atoms with Crippen LogP contribution in [-0.2, 0) is 11.3 Å². The van der Waals surface area contributed by atoms with E-state index < -0.39 is 11.7 Å². The summed E-state index contributed by atoms with van der Waals surface area (Å²) in [5, 5.41) is 0.648. The van der Waals surface area contributed by atoms with Gasteiger partial charge in [0.2, 0.25) is 0 Å². The number of carbonyl (C=O) groups is 2. The number of anilines is 1. The van der Waals surface area contributed by atoms with E-state index in [4.69, 9.17) is 11.6 Å². The van der Waals surface area contributed by atoms with Crippen LogP contribution < -0.4 is 4.90 Å². The van der Waals surface area contributed by atoms with Crippen molar-refractivity contribution < 1.29 is 9.59 Å². The third kappa shape index (κ3) is 2.24. The third-order valence-corrected chi connectivity index (χ3v) is 4.16. The molecule has 1 heterocycles. The van der Waals surface area contributed by atoms with Gasteiger partial charge in [0.25, 0.3) is 11.7 Å². The number of halogens is 1. The average Bonchev–Trinajstić information content (AvgIpc) is 2.71. The predicted molar refractivity (Wildman–Crippen MR) is 82.9 cm³/mol. The van der Waals surface area contributed by atoms with E-state index in [1.165, 1.54) is 0 Å². The molecule has 106 valence electrons. The summed E-state index contributed by atoms with van der Waals surface area (Å²) in [7, 11) is 0. The maximum Gasteiger partial charge on any atom is 0.299 e. The number of Topliss-reactive ketones (excluding diaryl/α,β-unsaturated/α-hetero) is 1. The molecule has 3 rings (SSSR count). The molecular formula is C17H14ClNO2. The highest BCUT2D eigenvalue weighted by molar-refractivity contribution is 6.52. The maximum absolute atomic E-state index is 12.2. The van der Waals surface area contributed by atoms with Crippen molar-refractivity contribution in [2.45, 2.75) is 20.4 Å². The van der Waals surface area contributed by atoms with Crippen molar-refractivity contribution in [3.8, 4) is 0 Å². The molecule has 2 aromatic rings. The lowest BCUT2D eigenvalue weighted by molar-refractivity contribution is -0.114. The van der Waals surface area contributed by atoms with E-state index in [1.807, 2.05) is 32.0 Å². The number of amides is 1. The zero-order valence-electron chi connectivity index (χ0n) is 11.8. The van der Waals surface area contributed by atoms with Crippen LogP contribution in [0.5, 0.6) is 0 Å². The second kappa shape index (κ2) is 5.01. The largest absolute Gasteiger partial charge is 0.300 e. The van der Waals surface area contributed by atoms with Gasteiger partial charge in [-0.25, -0.2) is 0 Å². The molecule has 0 fully saturated rings. The Bertz CT molecular complexity index is 750. The van der Waals surface area contributed by atoms with Crippen molar-refractivity contribution in [3.05, 3.63) is 63.7 Å². The number of carbonyl (C=O) groups excluding carboxylic acids is 2. The molecule has 0 radical (unpaired) electrons. The number of benzene rings is 2. The van der Waals surface area contributed by atoms with Crippen LogP contribution in [-0.4, -0.2) is 11.7 Å². The number of hydrogen-bond acceptors (Lipinski definition) is 2. The second-order valence-electron chi connectivity index (χ2n) is 5.25. The zero-order chi connectivity index (χ0) is 15.1. The van der Waals surface area contributed by atoms with E-state index in [9.17, 15) is 9.59 Å². The molecule has 1 amide bonds. The first-order valence-corrected chi connectivity index (χ1v) is 7.07. The Morgan fingerprint density at radius 1 is 1.00 bits per heavy atom. The van der Waals surface area contributed by atoms with Gasteiger partial charge in [-0.15, -0.1) is 0 Å². The molecule has 2 aromatic carbocycles. The molecule has 0 spiro atoms. The maximum atomic E-state index is 12.2. The van der Waals surface area contributed by atoms with E-state index in [0.717, 1.165) is 22.4 Å². The van der Waals surface area contributed by atoms with Crippen molar-refractivity contribution in [2.24, 2.45) is 0 Å². The number of aryl methyl sites for hydroxylation is 1. The quantitative estimate of drug-likeness (QED) is 0.793. The van der Waals surface area contributed by atoms with Gasteiger partial charge in [-0.05, 0) is 48.7 Å². The van der Waals surface area contributed by atoms with Crippen LogP contribution in [0.1, 0.15) is 27.0 Å². The fraction of sp³-hybridized carbons (Fsp3) is 0.176. The molecule has 0 atom stereocenters. The van der Waals surface area contributed by atoms with E-state index in [1.54, 1.807) is 23.1 Å². The summed E-state index contributed by atoms with van der Waals surface area (Å²) in [6.07, 6.45) is 0. The molecule has 0 bridgehead atoms. The average molecular weight is 300 g/mol. The molecule has 0 saturated heterocycles. The van der Waals surface area contributed by atoms with Gasteiger partial charge in [0.1, 0.15) is 0 Å². The minimum atomic E-state index is -0.464. The van der Waals surface area contributed by atoms with Gasteiger partial charge in [-0.1, -0.05) is 29.8 Å². The lowest BCUT2D eigenvalue weighted by Gasteiger charge is -2.19. The SMILES string of the molecule is Cc1ccc2c(c1C)N(Cc1ccc(Cl)cc1)C(=O)C2=O. The van der Waals surface area contributed by atoms with Crippen molar-refractivity contribution in [3.63, 3.8) is 0 Å². The molecule has 1 aliphatic heterocycles. The van der Waals surface area contributed by atoms with Crippen molar-refractivity contribution in [1.82, 2.24) is 0 Å². The first kappa shape index (κ1) is 13.8. The first-order valence-electron chi connectivity index (χ1n) is 6.70. The molecule has 0 aliphatic carbocycles. The smallest absolute Gasteiger partial charge is 0.299 e. The van der Waals surface area contributed by atoms with Gasteiger partial charge in [-0.2, -0.15) is 0 Å². The molecule has 3 nitrogen and oxygen atoms in total. The van der Waals surface area contributed by atoms with Crippen LogP contribution >= 0.6 is 11.6 Å². The first-order chi connectivity index (χ1) is 9.99. The van der Waals surface area contributed by atoms with Crippen molar-refractivity contribution in [1.29, 1.82) is 0 Å². The Balaban J connectivity index is 2.04. The molecule has 1 aliphatic rings. The number of fused-ring (bicyclic) bond motifs is 1. The van der Waals surface area contributed by atoms with Crippen LogP contribution in [0.3, 0.4) is 0 Å². The van der Waals surface area contributed by atoms with E-state index in [0.29, 0.717) is 17.1 Å². The van der Waals surface area contributed by atoms with Gasteiger partial charge >= 0.3 is 0 Å². The normalized spacial score (nSPS) is 13.8. The molecule has 0 aromatic heterocycles. The highest BCUT2D eigenvalue weighted by Gasteiger charge is 2.37. The van der Waals surface area contributed by atoms with E-state index in [-0.39, 0.29) is 0 Å². The number of rotatable bonds is 2. The molecule has 21 heavy (non-hydrogen) atoms. The van der Waals surface area contributed by atoms with Gasteiger partial charge in [-0.3, -0.25) is 9.59 Å². The van der Waals surface area contributed by atoms with Crippen LogP contribution in [0.25, 0.3) is 0 Å². The molecular weight excluding hydrogens is 286 g/mol. The van der Waals surface area contributed by atoms with Crippen LogP contribution in [0, 0.1) is 13.8 Å². The van der Waals surface area contributed by atoms with Crippen LogP contribution in [0.4, 0.5) is 5.69 Å². The minimum Gasteiger partial charge on any atom is -0.300 e. The Morgan fingerprint density at radius 2 is 1.67 bits per heavy atom. The summed E-state index contributed by atoms with van der Waals surface area (Å²) in [6.45, 7) is 4.29. The Hall–Kier alpha value is -2.13. The highest BCUT2D eigenvalue weighted by Crippen LogP contribution is 2.35. The number of hydrogen-bond donors (Lipinski definition) is 0. The predicted octanol–water partition coefficient (Wildman–Crippen LogP) is 3.69. The summed E-state index contributed by atoms with van der Waals surface area (Å²) >= 11 is 5.87. The standard InChI is InChI=1S/C17H14ClNO2/c1-10-3-8-14-15(11(10)2)19(17(21)16(14)20)9-12-4-6-13(18)7-5-12/h3-8H,9H2,1-2H3. The molecule has 4 heteroatoms. The van der Waals surface area contributed by atoms with Crippen LogP contribution in [0.2, 0.25) is 5.02 Å². The Labute approximate surface area is 128 Å². The summed E-state index contributed by atoms with van der Waals surface area (Å²) in [6, 6.07) is 10.9. The lowest BCUT2D eigenvalue weighted by atomic mass is 10.0. The van der Waals surface area contributed by atoms with Gasteiger partial charge in [0.05, 0.1) is 17.8 Å². The Kier molecular flexibility index (Phi) is 3.30. The molecule has 0 saturated carbocycles. The van der Waals surface area contributed by atoms with E-state index >= 15 is 0 Å². The highest BCUT2D eigenvalue weighted by atomic mass is 35.5. The van der Waals surface area contributed by atoms with Crippen molar-refractivity contribution >= 4 is 29.0 Å².